The molecule has 0 bridgehead atoms. The van der Waals surface area contributed by atoms with Crippen molar-refractivity contribution in [1.29, 1.82) is 0 Å². The Bertz CT molecular complexity index is 1210. The smallest absolute Gasteiger partial charge is 0.265 e. The van der Waals surface area contributed by atoms with Crippen molar-refractivity contribution in [3.05, 3.63) is 83.9 Å². The highest BCUT2D eigenvalue weighted by molar-refractivity contribution is 6.06. The molecule has 1 aliphatic carbocycles. The van der Waals surface area contributed by atoms with Gasteiger partial charge in [0, 0.05) is 35.0 Å². The number of nitrogens with one attached hydrogen (secondary N) is 3. The Morgan fingerprint density at radius 1 is 0.727 bits per heavy atom. The molecular weight excluding hydrogens is 418 g/mol. The minimum atomic E-state index is -0.603. The SMILES string of the molecule is O=C(Nc1cccc(NC(=O)C2CC2)c1)c1cccc(NC(=O)C2Cc3ccccc3O2)c1. The molecule has 3 amide bonds. The molecule has 166 valence electrons. The first-order valence-electron chi connectivity index (χ1n) is 10.9. The first-order valence-corrected chi connectivity index (χ1v) is 10.9. The van der Waals surface area contributed by atoms with Crippen LogP contribution < -0.4 is 20.7 Å². The van der Waals surface area contributed by atoms with Crippen molar-refractivity contribution in [2.45, 2.75) is 25.4 Å². The Labute approximate surface area is 191 Å². The van der Waals surface area contributed by atoms with Crippen LogP contribution in [0, 0.1) is 5.92 Å². The van der Waals surface area contributed by atoms with Crippen LogP contribution in [0.15, 0.2) is 72.8 Å². The van der Waals surface area contributed by atoms with Crippen LogP contribution in [0.1, 0.15) is 28.8 Å². The van der Waals surface area contributed by atoms with Gasteiger partial charge in [0.05, 0.1) is 0 Å². The van der Waals surface area contributed by atoms with Gasteiger partial charge in [0.1, 0.15) is 5.75 Å². The van der Waals surface area contributed by atoms with Crippen LogP contribution in [-0.2, 0) is 16.0 Å². The molecule has 7 nitrogen and oxygen atoms in total. The fraction of sp³-hybridized carbons (Fsp3) is 0.192. The normalized spacial score (nSPS) is 16.3. The van der Waals surface area contributed by atoms with E-state index in [0.717, 1.165) is 24.2 Å². The van der Waals surface area contributed by atoms with E-state index in [9.17, 15) is 14.4 Å². The third-order valence-corrected chi connectivity index (χ3v) is 5.67. The predicted molar refractivity (Wildman–Crippen MR) is 125 cm³/mol. The molecule has 0 radical (unpaired) electrons. The van der Waals surface area contributed by atoms with Crippen molar-refractivity contribution >= 4 is 34.8 Å². The summed E-state index contributed by atoms with van der Waals surface area (Å²) in [6.07, 6.45) is 1.76. The standard InChI is InChI=1S/C26H23N3O4/c30-24(16-11-12-16)27-20-8-4-9-21(15-20)28-25(31)18-6-3-7-19(13-18)29-26(32)23-14-17-5-1-2-10-22(17)33-23/h1-10,13,15-16,23H,11-12,14H2,(H,27,30)(H,28,31)(H,29,32). The molecule has 7 heteroatoms. The fourth-order valence-electron chi connectivity index (χ4n) is 3.76. The molecule has 1 atom stereocenters. The summed E-state index contributed by atoms with van der Waals surface area (Å²) in [5.41, 5.74) is 3.12. The van der Waals surface area contributed by atoms with Gasteiger partial charge in [-0.1, -0.05) is 30.3 Å². The molecule has 1 aliphatic heterocycles. The summed E-state index contributed by atoms with van der Waals surface area (Å²) < 4.78 is 5.73. The van der Waals surface area contributed by atoms with E-state index in [1.165, 1.54) is 0 Å². The van der Waals surface area contributed by atoms with Gasteiger partial charge in [0.2, 0.25) is 5.91 Å². The Morgan fingerprint density at radius 2 is 1.39 bits per heavy atom. The third kappa shape index (κ3) is 4.87. The number of amides is 3. The summed E-state index contributed by atoms with van der Waals surface area (Å²) in [5.74, 6) is 0.256. The van der Waals surface area contributed by atoms with Gasteiger partial charge in [-0.3, -0.25) is 14.4 Å². The summed E-state index contributed by atoms with van der Waals surface area (Å²) in [6.45, 7) is 0. The summed E-state index contributed by atoms with van der Waals surface area (Å²) in [6, 6.07) is 21.3. The summed E-state index contributed by atoms with van der Waals surface area (Å²) in [4.78, 5) is 37.4. The second kappa shape index (κ2) is 8.78. The van der Waals surface area contributed by atoms with Gasteiger partial charge in [0.25, 0.3) is 11.8 Å². The van der Waals surface area contributed by atoms with Crippen LogP contribution in [0.2, 0.25) is 0 Å². The van der Waals surface area contributed by atoms with Gasteiger partial charge in [-0.2, -0.15) is 0 Å². The number of rotatable bonds is 6. The highest BCUT2D eigenvalue weighted by Gasteiger charge is 2.30. The van der Waals surface area contributed by atoms with Gasteiger partial charge < -0.3 is 20.7 Å². The zero-order valence-electron chi connectivity index (χ0n) is 17.8. The molecule has 1 saturated carbocycles. The van der Waals surface area contributed by atoms with Crippen LogP contribution in [0.5, 0.6) is 5.75 Å². The lowest BCUT2D eigenvalue weighted by atomic mass is 10.1. The van der Waals surface area contributed by atoms with Crippen LogP contribution >= 0.6 is 0 Å². The first kappa shape index (κ1) is 20.8. The molecule has 2 aliphatic rings. The molecule has 33 heavy (non-hydrogen) atoms. The van der Waals surface area contributed by atoms with Gasteiger partial charge in [-0.25, -0.2) is 0 Å². The number of anilines is 3. The van der Waals surface area contributed by atoms with E-state index in [4.69, 9.17) is 4.74 Å². The van der Waals surface area contributed by atoms with E-state index in [1.807, 2.05) is 24.3 Å². The minimum absolute atomic E-state index is 0.0104. The van der Waals surface area contributed by atoms with Gasteiger partial charge in [-0.05, 0) is 60.9 Å². The molecule has 1 fully saturated rings. The van der Waals surface area contributed by atoms with Crippen molar-refractivity contribution < 1.29 is 19.1 Å². The van der Waals surface area contributed by atoms with E-state index >= 15 is 0 Å². The zero-order valence-corrected chi connectivity index (χ0v) is 17.8. The molecule has 0 saturated heterocycles. The van der Waals surface area contributed by atoms with E-state index in [-0.39, 0.29) is 23.6 Å². The number of carbonyl (C=O) groups is 3. The Balaban J connectivity index is 1.21. The average Bonchev–Trinajstić information content (AvgIpc) is 3.58. The van der Waals surface area contributed by atoms with Crippen molar-refractivity contribution in [3.63, 3.8) is 0 Å². The Kier molecular flexibility index (Phi) is 5.52. The molecular formula is C26H23N3O4. The largest absolute Gasteiger partial charge is 0.480 e. The summed E-state index contributed by atoms with van der Waals surface area (Å²) in [7, 11) is 0. The second-order valence-electron chi connectivity index (χ2n) is 8.29. The minimum Gasteiger partial charge on any atom is -0.480 e. The first-order chi connectivity index (χ1) is 16.0. The Morgan fingerprint density at radius 3 is 2.15 bits per heavy atom. The molecule has 1 unspecified atom stereocenters. The van der Waals surface area contributed by atoms with Gasteiger partial charge in [0.15, 0.2) is 6.10 Å². The zero-order chi connectivity index (χ0) is 22.8. The average molecular weight is 441 g/mol. The van der Waals surface area contributed by atoms with Crippen molar-refractivity contribution in [2.24, 2.45) is 5.92 Å². The summed E-state index contributed by atoms with van der Waals surface area (Å²) in [5, 5.41) is 8.54. The molecule has 3 N–H and O–H groups in total. The van der Waals surface area contributed by atoms with Gasteiger partial charge >= 0.3 is 0 Å². The van der Waals surface area contributed by atoms with Crippen molar-refractivity contribution in [2.75, 3.05) is 16.0 Å². The van der Waals surface area contributed by atoms with Gasteiger partial charge in [-0.15, -0.1) is 0 Å². The van der Waals surface area contributed by atoms with Crippen LogP contribution in [0.3, 0.4) is 0 Å². The lowest BCUT2D eigenvalue weighted by Crippen LogP contribution is -2.31. The number of benzene rings is 3. The molecule has 5 rings (SSSR count). The fourth-order valence-corrected chi connectivity index (χ4v) is 3.76. The summed E-state index contributed by atoms with van der Waals surface area (Å²) >= 11 is 0. The molecule has 0 aromatic heterocycles. The highest BCUT2D eigenvalue weighted by atomic mass is 16.5. The molecule has 0 spiro atoms. The van der Waals surface area contributed by atoms with Crippen molar-refractivity contribution in [3.8, 4) is 5.75 Å². The number of carbonyl (C=O) groups excluding carboxylic acids is 3. The third-order valence-electron chi connectivity index (χ3n) is 5.67. The van der Waals surface area contributed by atoms with Crippen LogP contribution in [-0.4, -0.2) is 23.8 Å². The van der Waals surface area contributed by atoms with E-state index in [1.54, 1.807) is 48.5 Å². The molecule has 3 aromatic rings. The quantitative estimate of drug-likeness (QED) is 0.533. The number of fused-ring (bicyclic) bond motifs is 1. The Hall–Kier alpha value is -4.13. The highest BCUT2D eigenvalue weighted by Crippen LogP contribution is 2.31. The maximum Gasteiger partial charge on any atom is 0.265 e. The molecule has 1 heterocycles. The van der Waals surface area contributed by atoms with E-state index in [0.29, 0.717) is 29.0 Å². The molecule has 3 aromatic carbocycles. The van der Waals surface area contributed by atoms with E-state index in [2.05, 4.69) is 16.0 Å². The number of para-hydroxylation sites is 1. The second-order valence-corrected chi connectivity index (χ2v) is 8.29. The topological polar surface area (TPSA) is 96.5 Å². The maximum absolute atomic E-state index is 12.8. The predicted octanol–water partition coefficient (Wildman–Crippen LogP) is 4.23. The lowest BCUT2D eigenvalue weighted by molar-refractivity contribution is -0.122. The monoisotopic (exact) mass is 441 g/mol. The number of ether oxygens (including phenoxy) is 1. The van der Waals surface area contributed by atoms with Crippen LogP contribution in [0.4, 0.5) is 17.1 Å². The lowest BCUT2D eigenvalue weighted by Gasteiger charge is -2.12. The van der Waals surface area contributed by atoms with Crippen molar-refractivity contribution in [1.82, 2.24) is 0 Å². The number of hydrogen-bond donors (Lipinski definition) is 3. The number of hydrogen-bond acceptors (Lipinski definition) is 4. The van der Waals surface area contributed by atoms with Crippen LogP contribution in [0.25, 0.3) is 0 Å². The van der Waals surface area contributed by atoms with E-state index < -0.39 is 6.10 Å². The maximum atomic E-state index is 12.8.